The van der Waals surface area contributed by atoms with E-state index in [2.05, 4.69) is 0 Å². The second-order valence-corrected chi connectivity index (χ2v) is 5.27. The smallest absolute Gasteiger partial charge is 0.306 e. The summed E-state index contributed by atoms with van der Waals surface area (Å²) in [6.07, 6.45) is -3.38. The number of nitrogens with one attached hydrogen (secondary N) is 1. The van der Waals surface area contributed by atoms with E-state index in [1.165, 1.54) is 0 Å². The number of pyridine rings is 1. The molecule has 1 aromatic heterocycles. The molecule has 1 heterocycles. The molecule has 0 saturated carbocycles. The van der Waals surface area contributed by atoms with Crippen molar-refractivity contribution in [3.05, 3.63) is 32.1 Å². The molecule has 94 valence electrons. The van der Waals surface area contributed by atoms with E-state index in [-0.39, 0.29) is 6.07 Å². The minimum Gasteiger partial charge on any atom is -0.306 e. The van der Waals surface area contributed by atoms with Gasteiger partial charge >= 0.3 is 5.69 Å². The van der Waals surface area contributed by atoms with E-state index < -0.39 is 42.2 Å². The van der Waals surface area contributed by atoms with E-state index >= 15 is 0 Å². The van der Waals surface area contributed by atoms with Crippen LogP contribution in [-0.4, -0.2) is 18.3 Å². The quantitative estimate of drug-likeness (QED) is 0.509. The predicted octanol–water partition coefficient (Wildman–Crippen LogP) is 1.15. The van der Waals surface area contributed by atoms with Gasteiger partial charge in [0.1, 0.15) is 5.56 Å². The molecule has 1 rings (SSSR count). The van der Waals surface area contributed by atoms with Gasteiger partial charge in [0, 0.05) is 16.7 Å². The maximum absolute atomic E-state index is 12.4. The first kappa shape index (κ1) is 13.5. The van der Waals surface area contributed by atoms with Crippen molar-refractivity contribution in [3.8, 4) is 0 Å². The van der Waals surface area contributed by atoms with E-state index in [0.717, 1.165) is 0 Å². The van der Waals surface area contributed by atoms with Crippen molar-refractivity contribution in [1.29, 1.82) is 0 Å². The summed E-state index contributed by atoms with van der Waals surface area (Å²) in [6, 6.07) is 0.244. The molecule has 0 spiro atoms. The van der Waals surface area contributed by atoms with Gasteiger partial charge in [-0.3, -0.25) is 14.9 Å². The molecule has 7 nitrogen and oxygen atoms in total. The third-order valence-corrected chi connectivity index (χ3v) is 2.92. The van der Waals surface area contributed by atoms with E-state index in [0.29, 0.717) is 0 Å². The Kier molecular flexibility index (Phi) is 3.48. The Bertz CT molecular complexity index is 626. The van der Waals surface area contributed by atoms with E-state index in [1.54, 1.807) is 4.98 Å². The summed E-state index contributed by atoms with van der Waals surface area (Å²) in [5.41, 5.74) is -3.97. The lowest BCUT2D eigenvalue weighted by molar-refractivity contribution is -0.389. The molecule has 0 radical (unpaired) electrons. The Labute approximate surface area is 96.6 Å². The summed E-state index contributed by atoms with van der Waals surface area (Å²) >= 11 is 0. The average Bonchev–Trinajstić information content (AvgIpc) is 2.14. The summed E-state index contributed by atoms with van der Waals surface area (Å²) in [4.78, 5) is 21.6. The van der Waals surface area contributed by atoms with Gasteiger partial charge in [-0.2, -0.15) is 0 Å². The van der Waals surface area contributed by atoms with Gasteiger partial charge in [0.05, 0.1) is 4.92 Å². The number of nitro groups is 1. The minimum absolute atomic E-state index is 0.244. The average molecular weight is 289 g/mol. The molecule has 0 fully saturated rings. The van der Waals surface area contributed by atoms with Crippen LogP contribution in [-0.2, 0) is 9.05 Å². The van der Waals surface area contributed by atoms with Gasteiger partial charge in [0.15, 0.2) is 0 Å². The second kappa shape index (κ2) is 4.37. The molecule has 0 aliphatic carbocycles. The van der Waals surface area contributed by atoms with Crippen LogP contribution in [0.3, 0.4) is 0 Å². The van der Waals surface area contributed by atoms with Crippen LogP contribution in [0.1, 0.15) is 12.0 Å². The van der Waals surface area contributed by atoms with Gasteiger partial charge in [-0.1, -0.05) is 0 Å². The van der Waals surface area contributed by atoms with Gasteiger partial charge < -0.3 is 4.98 Å². The Hall–Kier alpha value is -1.55. The van der Waals surface area contributed by atoms with Crippen molar-refractivity contribution < 1.29 is 22.1 Å². The van der Waals surface area contributed by atoms with Gasteiger partial charge in [-0.05, 0) is 0 Å². The maximum Gasteiger partial charge on any atom is 0.314 e. The lowest BCUT2D eigenvalue weighted by atomic mass is 10.2. The Morgan fingerprint density at radius 3 is 2.35 bits per heavy atom. The van der Waals surface area contributed by atoms with Gasteiger partial charge in [0.2, 0.25) is 10.6 Å². The zero-order chi connectivity index (χ0) is 13.4. The zero-order valence-electron chi connectivity index (χ0n) is 7.69. The van der Waals surface area contributed by atoms with Gasteiger partial charge in [-0.25, -0.2) is 17.2 Å². The third-order valence-electron chi connectivity index (χ3n) is 1.67. The SMILES string of the molecule is O=c1cc(C(F)F)c([N+](=O)[O-])c(S(=O)(=O)Cl)[nH]1. The molecule has 17 heavy (non-hydrogen) atoms. The highest BCUT2D eigenvalue weighted by atomic mass is 35.7. The summed E-state index contributed by atoms with van der Waals surface area (Å²) in [5.74, 6) is 0. The number of aromatic nitrogens is 1. The molecule has 0 aromatic carbocycles. The zero-order valence-corrected chi connectivity index (χ0v) is 9.26. The molecule has 0 amide bonds. The number of aromatic amines is 1. The third kappa shape index (κ3) is 2.77. The van der Waals surface area contributed by atoms with Crippen LogP contribution < -0.4 is 5.56 Å². The highest BCUT2D eigenvalue weighted by Crippen LogP contribution is 2.32. The van der Waals surface area contributed by atoms with Crippen LogP contribution in [0.2, 0.25) is 0 Å². The van der Waals surface area contributed by atoms with Crippen molar-refractivity contribution in [3.63, 3.8) is 0 Å². The highest BCUT2D eigenvalue weighted by Gasteiger charge is 2.33. The fourth-order valence-corrected chi connectivity index (χ4v) is 2.06. The number of hydrogen-bond acceptors (Lipinski definition) is 5. The molecule has 1 N–H and O–H groups in total. The molecule has 0 unspecified atom stereocenters. The number of halogens is 3. The van der Waals surface area contributed by atoms with Gasteiger partial charge in [-0.15, -0.1) is 0 Å². The standard InChI is InChI=1S/C6H3ClF2N2O5S/c7-17(15,16)6-4(11(13)14)2(5(8)9)1-3(12)10-6/h1,5H,(H,10,12). The number of rotatable bonds is 3. The van der Waals surface area contributed by atoms with Crippen LogP contribution in [0.4, 0.5) is 14.5 Å². The fraction of sp³-hybridized carbons (Fsp3) is 0.167. The van der Waals surface area contributed by atoms with Crippen molar-refractivity contribution >= 4 is 25.4 Å². The number of H-pyrrole nitrogens is 1. The Morgan fingerprint density at radius 2 is 2.00 bits per heavy atom. The molecule has 1 aromatic rings. The Balaban J connectivity index is 3.83. The van der Waals surface area contributed by atoms with Crippen molar-refractivity contribution in [2.75, 3.05) is 0 Å². The van der Waals surface area contributed by atoms with Crippen molar-refractivity contribution in [2.24, 2.45) is 0 Å². The number of hydrogen-bond donors (Lipinski definition) is 1. The summed E-state index contributed by atoms with van der Waals surface area (Å²) in [7, 11) is 0.0938. The van der Waals surface area contributed by atoms with Crippen LogP contribution in [0.25, 0.3) is 0 Å². The molecule has 0 saturated heterocycles. The summed E-state index contributed by atoms with van der Waals surface area (Å²) in [6.45, 7) is 0. The molecule has 0 aliphatic heterocycles. The minimum atomic E-state index is -4.72. The van der Waals surface area contributed by atoms with Crippen LogP contribution >= 0.6 is 10.7 Å². The monoisotopic (exact) mass is 288 g/mol. The van der Waals surface area contributed by atoms with Crippen molar-refractivity contribution in [1.82, 2.24) is 4.98 Å². The number of alkyl halides is 2. The van der Waals surface area contributed by atoms with E-state index in [4.69, 9.17) is 10.7 Å². The summed E-state index contributed by atoms with van der Waals surface area (Å²) in [5, 5.41) is 9.18. The van der Waals surface area contributed by atoms with Crippen LogP contribution in [0.5, 0.6) is 0 Å². The molecule has 0 aliphatic rings. The normalized spacial score (nSPS) is 11.8. The summed E-state index contributed by atoms with van der Waals surface area (Å²) < 4.78 is 46.7. The highest BCUT2D eigenvalue weighted by molar-refractivity contribution is 8.13. The molecular formula is C6H3ClF2N2O5S. The van der Waals surface area contributed by atoms with Gasteiger partial charge in [0.25, 0.3) is 15.5 Å². The lowest BCUT2D eigenvalue weighted by Gasteiger charge is -2.04. The molecular weight excluding hydrogens is 286 g/mol. The predicted molar refractivity (Wildman–Crippen MR) is 51.7 cm³/mol. The van der Waals surface area contributed by atoms with Crippen LogP contribution in [0, 0.1) is 10.1 Å². The lowest BCUT2D eigenvalue weighted by Crippen LogP contribution is -2.15. The topological polar surface area (TPSA) is 110 Å². The maximum atomic E-state index is 12.4. The first-order valence-corrected chi connectivity index (χ1v) is 6.10. The van der Waals surface area contributed by atoms with E-state index in [9.17, 15) is 32.1 Å². The van der Waals surface area contributed by atoms with Crippen LogP contribution in [0.15, 0.2) is 15.9 Å². The van der Waals surface area contributed by atoms with Crippen molar-refractivity contribution in [2.45, 2.75) is 11.5 Å². The Morgan fingerprint density at radius 1 is 1.47 bits per heavy atom. The van der Waals surface area contributed by atoms with E-state index in [1.807, 2.05) is 0 Å². The first-order valence-electron chi connectivity index (χ1n) is 3.79. The second-order valence-electron chi connectivity index (χ2n) is 2.76. The molecule has 11 heteroatoms. The first-order chi connectivity index (χ1) is 7.64. The molecule has 0 atom stereocenters. The fourth-order valence-electron chi connectivity index (χ4n) is 1.08. The molecule has 0 bridgehead atoms. The number of nitrogens with zero attached hydrogens (tertiary/aromatic N) is 1. The largest absolute Gasteiger partial charge is 0.314 e.